The molecule has 11 heteroatoms. The van der Waals surface area contributed by atoms with E-state index in [9.17, 15) is 5.11 Å². The number of anilines is 1. The summed E-state index contributed by atoms with van der Waals surface area (Å²) in [4.78, 5) is 13.0. The van der Waals surface area contributed by atoms with Crippen LogP contribution in [0.2, 0.25) is 0 Å². The highest BCUT2D eigenvalue weighted by atomic mass is 16.3. The lowest BCUT2D eigenvalue weighted by atomic mass is 9.96. The molecule has 1 aliphatic heterocycles. The first kappa shape index (κ1) is 17.7. The Morgan fingerprint density at radius 2 is 2.00 bits per heavy atom. The maximum atomic E-state index is 10.4. The van der Waals surface area contributed by atoms with E-state index in [1.54, 1.807) is 0 Å². The van der Waals surface area contributed by atoms with Crippen LogP contribution in [0.5, 0.6) is 0 Å². The third-order valence-electron chi connectivity index (χ3n) is 4.75. The summed E-state index contributed by atoms with van der Waals surface area (Å²) in [5, 5.41) is 33.6. The topological polar surface area (TPSA) is 134 Å². The van der Waals surface area contributed by atoms with Gasteiger partial charge in [-0.1, -0.05) is 26.0 Å². The molecular weight excluding hydrogens is 348 g/mol. The van der Waals surface area contributed by atoms with E-state index in [-0.39, 0.29) is 11.5 Å². The summed E-state index contributed by atoms with van der Waals surface area (Å²) in [6.07, 6.45) is 0.677. The minimum atomic E-state index is -0.743. The predicted molar refractivity (Wildman–Crippen MR) is 97.3 cm³/mol. The molecule has 0 radical (unpaired) electrons. The number of tetrazole rings is 1. The highest BCUT2D eigenvalue weighted by molar-refractivity contribution is 5.83. The molecule has 11 nitrogen and oxygen atoms in total. The highest BCUT2D eigenvalue weighted by Gasteiger charge is 2.35. The summed E-state index contributed by atoms with van der Waals surface area (Å²) in [6.45, 7) is 11.1. The van der Waals surface area contributed by atoms with Crippen molar-refractivity contribution in [2.24, 2.45) is 0 Å². The maximum absolute atomic E-state index is 10.4. The zero-order chi connectivity index (χ0) is 19.4. The van der Waals surface area contributed by atoms with E-state index in [0.29, 0.717) is 48.1 Å². The van der Waals surface area contributed by atoms with Crippen molar-refractivity contribution in [3.63, 3.8) is 0 Å². The molecule has 27 heavy (non-hydrogen) atoms. The Balaban J connectivity index is 1.84. The lowest BCUT2D eigenvalue weighted by Crippen LogP contribution is -2.31. The van der Waals surface area contributed by atoms with E-state index in [1.807, 2.05) is 13.8 Å². The third kappa shape index (κ3) is 3.22. The van der Waals surface area contributed by atoms with Gasteiger partial charge in [-0.3, -0.25) is 0 Å². The molecular formula is C16H24N10O. The van der Waals surface area contributed by atoms with E-state index in [1.165, 1.54) is 4.80 Å². The minimum absolute atomic E-state index is 0.242. The van der Waals surface area contributed by atoms with Gasteiger partial charge in [0.25, 0.3) is 0 Å². The lowest BCUT2D eigenvalue weighted by Gasteiger charge is -2.22. The number of aromatic nitrogens is 9. The summed E-state index contributed by atoms with van der Waals surface area (Å²) >= 11 is 0. The van der Waals surface area contributed by atoms with Crippen LogP contribution in [0.1, 0.15) is 58.7 Å². The second kappa shape index (κ2) is 5.91. The van der Waals surface area contributed by atoms with Gasteiger partial charge in [-0.25, -0.2) is 9.97 Å². The Morgan fingerprint density at radius 1 is 1.22 bits per heavy atom. The summed E-state index contributed by atoms with van der Waals surface area (Å²) in [7, 11) is 0. The summed E-state index contributed by atoms with van der Waals surface area (Å²) < 4.78 is 0. The van der Waals surface area contributed by atoms with Gasteiger partial charge in [0.2, 0.25) is 11.5 Å². The van der Waals surface area contributed by atoms with Crippen molar-refractivity contribution in [2.75, 3.05) is 18.0 Å². The Hall–Kier alpha value is -2.69. The van der Waals surface area contributed by atoms with Crippen molar-refractivity contribution in [1.29, 1.82) is 0 Å². The number of hydrogen-bond donors (Lipinski definition) is 2. The molecule has 2 N–H and O–H groups in total. The second-order valence-corrected chi connectivity index (χ2v) is 8.43. The average Bonchev–Trinajstić information content (AvgIpc) is 3.31. The molecule has 0 bridgehead atoms. The SMILES string of the molecule is CC(c1nn[nH]n1)n1nc2nc(C(C)(C)C)nc(N3CCC(C)(O)C3)c2n1. The molecule has 0 spiro atoms. The van der Waals surface area contributed by atoms with Crippen molar-refractivity contribution in [3.8, 4) is 0 Å². The molecule has 1 saturated heterocycles. The Labute approximate surface area is 156 Å². The molecule has 0 amide bonds. The Morgan fingerprint density at radius 3 is 2.59 bits per heavy atom. The van der Waals surface area contributed by atoms with Crippen molar-refractivity contribution in [3.05, 3.63) is 11.6 Å². The number of aromatic amines is 1. The van der Waals surface area contributed by atoms with E-state index in [2.05, 4.69) is 61.5 Å². The number of nitrogens with zero attached hydrogens (tertiary/aromatic N) is 9. The van der Waals surface area contributed by atoms with Crippen LogP contribution < -0.4 is 4.90 Å². The second-order valence-electron chi connectivity index (χ2n) is 8.43. The first-order valence-electron chi connectivity index (χ1n) is 9.00. The summed E-state index contributed by atoms with van der Waals surface area (Å²) in [6, 6.07) is -0.300. The summed E-state index contributed by atoms with van der Waals surface area (Å²) in [5.74, 6) is 1.88. The van der Waals surface area contributed by atoms with Gasteiger partial charge in [-0.15, -0.1) is 20.4 Å². The van der Waals surface area contributed by atoms with Gasteiger partial charge in [-0.2, -0.15) is 10.0 Å². The zero-order valence-electron chi connectivity index (χ0n) is 16.2. The zero-order valence-corrected chi connectivity index (χ0v) is 16.2. The molecule has 4 heterocycles. The fraction of sp³-hybridized carbons (Fsp3) is 0.688. The largest absolute Gasteiger partial charge is 0.388 e. The number of fused-ring (bicyclic) bond motifs is 1. The molecule has 3 aromatic heterocycles. The molecule has 4 rings (SSSR count). The highest BCUT2D eigenvalue weighted by Crippen LogP contribution is 2.31. The number of β-amino-alcohol motifs (C(OH)–C–C–N with tert-alkyl or cyclic N) is 1. The van der Waals surface area contributed by atoms with Crippen molar-refractivity contribution in [1.82, 2.24) is 45.6 Å². The van der Waals surface area contributed by atoms with Gasteiger partial charge < -0.3 is 10.0 Å². The van der Waals surface area contributed by atoms with E-state index < -0.39 is 5.60 Å². The normalized spacial score (nSPS) is 21.9. The predicted octanol–water partition coefficient (Wildman–Crippen LogP) is 0.602. The van der Waals surface area contributed by atoms with Gasteiger partial charge in [0.1, 0.15) is 11.9 Å². The molecule has 1 fully saturated rings. The van der Waals surface area contributed by atoms with E-state index >= 15 is 0 Å². The number of hydrogen-bond acceptors (Lipinski definition) is 9. The van der Waals surface area contributed by atoms with Gasteiger partial charge in [-0.05, 0) is 20.3 Å². The van der Waals surface area contributed by atoms with Crippen LogP contribution in [0.25, 0.3) is 11.2 Å². The molecule has 1 aliphatic rings. The minimum Gasteiger partial charge on any atom is -0.388 e. The molecule has 2 atom stereocenters. The van der Waals surface area contributed by atoms with Gasteiger partial charge >= 0.3 is 0 Å². The van der Waals surface area contributed by atoms with Gasteiger partial charge in [0, 0.05) is 18.5 Å². The van der Waals surface area contributed by atoms with Crippen LogP contribution >= 0.6 is 0 Å². The first-order chi connectivity index (χ1) is 12.6. The molecule has 144 valence electrons. The van der Waals surface area contributed by atoms with E-state index in [0.717, 1.165) is 0 Å². The fourth-order valence-electron chi connectivity index (χ4n) is 3.12. The molecule has 3 aromatic rings. The van der Waals surface area contributed by atoms with Crippen LogP contribution in [0, 0.1) is 0 Å². The van der Waals surface area contributed by atoms with Crippen LogP contribution in [-0.4, -0.2) is 69.4 Å². The smallest absolute Gasteiger partial charge is 0.207 e. The number of nitrogens with one attached hydrogen (secondary N) is 1. The van der Waals surface area contributed by atoms with Crippen LogP contribution in [0.15, 0.2) is 0 Å². The Bertz CT molecular complexity index is 956. The average molecular weight is 372 g/mol. The maximum Gasteiger partial charge on any atom is 0.207 e. The molecule has 0 aliphatic carbocycles. The van der Waals surface area contributed by atoms with Crippen LogP contribution in [0.3, 0.4) is 0 Å². The van der Waals surface area contributed by atoms with Gasteiger partial charge in [0.15, 0.2) is 11.3 Å². The first-order valence-corrected chi connectivity index (χ1v) is 9.00. The third-order valence-corrected chi connectivity index (χ3v) is 4.75. The fourth-order valence-corrected chi connectivity index (χ4v) is 3.12. The lowest BCUT2D eigenvalue weighted by molar-refractivity contribution is 0.0839. The number of aliphatic hydroxyl groups is 1. The Kier molecular flexibility index (Phi) is 3.88. The van der Waals surface area contributed by atoms with Crippen molar-refractivity contribution in [2.45, 2.75) is 58.1 Å². The van der Waals surface area contributed by atoms with Crippen LogP contribution in [-0.2, 0) is 5.41 Å². The summed E-state index contributed by atoms with van der Waals surface area (Å²) in [5.41, 5.74) is 0.143. The van der Waals surface area contributed by atoms with Crippen LogP contribution in [0.4, 0.5) is 5.82 Å². The monoisotopic (exact) mass is 372 g/mol. The van der Waals surface area contributed by atoms with Gasteiger partial charge in [0.05, 0.1) is 5.60 Å². The standard InChI is InChI=1S/C16H24N10O/c1-9(11-19-23-24-20-11)26-21-10-12(22-26)17-14(15(2,3)4)18-13(10)25-7-6-16(5,27)8-25/h9,27H,6-8H2,1-5H3,(H,19,20,23,24). The number of rotatable bonds is 3. The quantitative estimate of drug-likeness (QED) is 0.677. The number of H-pyrrole nitrogens is 1. The molecule has 0 saturated carbocycles. The van der Waals surface area contributed by atoms with Crippen molar-refractivity contribution >= 4 is 17.0 Å². The van der Waals surface area contributed by atoms with Crippen molar-refractivity contribution < 1.29 is 5.11 Å². The van der Waals surface area contributed by atoms with E-state index in [4.69, 9.17) is 4.98 Å². The molecule has 0 aromatic carbocycles. The molecule has 2 unspecified atom stereocenters.